The molecule has 2 aromatic rings. The van der Waals surface area contributed by atoms with Gasteiger partial charge in [-0.15, -0.1) is 11.6 Å². The Bertz CT molecular complexity index is 557. The maximum atomic E-state index is 11.8. The number of rotatable bonds is 8. The van der Waals surface area contributed by atoms with E-state index in [0.29, 0.717) is 6.61 Å². The second-order valence-electron chi connectivity index (χ2n) is 4.92. The molecule has 1 atom stereocenters. The van der Waals surface area contributed by atoms with Crippen LogP contribution in [0, 0.1) is 0 Å². The first kappa shape index (κ1) is 16.5. The van der Waals surface area contributed by atoms with E-state index in [4.69, 9.17) is 21.1 Å². The number of benzene rings is 2. The molecule has 2 aromatic carbocycles. The zero-order valence-electron chi connectivity index (χ0n) is 12.3. The van der Waals surface area contributed by atoms with E-state index >= 15 is 0 Å². The van der Waals surface area contributed by atoms with Gasteiger partial charge in [-0.3, -0.25) is 4.79 Å². The molecule has 3 nitrogen and oxygen atoms in total. The lowest BCUT2D eigenvalue weighted by Crippen LogP contribution is -2.21. The molecular formula is C18H19ClO3. The van der Waals surface area contributed by atoms with Gasteiger partial charge in [0.05, 0.1) is 19.1 Å². The third-order valence-electron chi connectivity index (χ3n) is 3.14. The van der Waals surface area contributed by atoms with Crippen molar-refractivity contribution in [2.45, 2.75) is 25.7 Å². The number of ether oxygens (including phenoxy) is 2. The average molecular weight is 319 g/mol. The number of carbonyl (C=O) groups excluding carboxylic acids is 1. The second kappa shape index (κ2) is 9.23. The summed E-state index contributed by atoms with van der Waals surface area (Å²) in [5, 5.41) is 0. The normalized spacial score (nSPS) is 11.9. The van der Waals surface area contributed by atoms with Crippen molar-refractivity contribution in [3.63, 3.8) is 0 Å². The average Bonchev–Trinajstić information content (AvgIpc) is 2.58. The summed E-state index contributed by atoms with van der Waals surface area (Å²) in [6.07, 6.45) is -0.187. The van der Waals surface area contributed by atoms with Crippen molar-refractivity contribution in [2.75, 3.05) is 5.88 Å². The Kier molecular flexibility index (Phi) is 6.94. The van der Waals surface area contributed by atoms with Crippen LogP contribution in [-0.4, -0.2) is 18.0 Å². The third-order valence-corrected chi connectivity index (χ3v) is 3.48. The molecule has 0 aromatic heterocycles. The Balaban J connectivity index is 1.73. The summed E-state index contributed by atoms with van der Waals surface area (Å²) in [6, 6.07) is 19.4. The zero-order chi connectivity index (χ0) is 15.6. The summed E-state index contributed by atoms with van der Waals surface area (Å²) < 4.78 is 10.9. The Hall–Kier alpha value is -1.84. The molecule has 0 spiro atoms. The largest absolute Gasteiger partial charge is 0.461 e. The minimum Gasteiger partial charge on any atom is -0.461 e. The van der Waals surface area contributed by atoms with E-state index in [-0.39, 0.29) is 31.0 Å². The van der Waals surface area contributed by atoms with E-state index < -0.39 is 0 Å². The van der Waals surface area contributed by atoms with Gasteiger partial charge in [-0.1, -0.05) is 60.7 Å². The summed E-state index contributed by atoms with van der Waals surface area (Å²) >= 11 is 5.86. The Morgan fingerprint density at radius 1 is 0.909 bits per heavy atom. The van der Waals surface area contributed by atoms with Gasteiger partial charge in [-0.25, -0.2) is 0 Å². The molecule has 2 rings (SSSR count). The number of hydrogen-bond donors (Lipinski definition) is 0. The van der Waals surface area contributed by atoms with Gasteiger partial charge in [-0.05, 0) is 11.1 Å². The van der Waals surface area contributed by atoms with Gasteiger partial charge in [0.25, 0.3) is 0 Å². The van der Waals surface area contributed by atoms with Gasteiger partial charge in [0.2, 0.25) is 0 Å². The van der Waals surface area contributed by atoms with Crippen molar-refractivity contribution in [3.8, 4) is 0 Å². The second-order valence-corrected chi connectivity index (χ2v) is 5.23. The minimum absolute atomic E-state index is 0.156. The van der Waals surface area contributed by atoms with E-state index in [2.05, 4.69) is 0 Å². The van der Waals surface area contributed by atoms with Crippen LogP contribution in [0.1, 0.15) is 17.5 Å². The highest BCUT2D eigenvalue weighted by molar-refractivity contribution is 6.18. The highest BCUT2D eigenvalue weighted by atomic mass is 35.5. The fraction of sp³-hybridized carbons (Fsp3) is 0.278. The third kappa shape index (κ3) is 5.88. The van der Waals surface area contributed by atoms with Gasteiger partial charge in [-0.2, -0.15) is 0 Å². The van der Waals surface area contributed by atoms with E-state index in [0.717, 1.165) is 11.1 Å². The molecule has 0 aliphatic rings. The SMILES string of the molecule is O=C(CC(CCl)OCc1ccccc1)OCc1ccccc1. The molecule has 0 radical (unpaired) electrons. The number of esters is 1. The lowest BCUT2D eigenvalue weighted by atomic mass is 10.2. The van der Waals surface area contributed by atoms with Crippen molar-refractivity contribution < 1.29 is 14.3 Å². The zero-order valence-corrected chi connectivity index (χ0v) is 13.0. The molecule has 0 bridgehead atoms. The van der Waals surface area contributed by atoms with Crippen LogP contribution in [0.2, 0.25) is 0 Å². The lowest BCUT2D eigenvalue weighted by Gasteiger charge is -2.14. The highest BCUT2D eigenvalue weighted by Crippen LogP contribution is 2.09. The van der Waals surface area contributed by atoms with Gasteiger partial charge in [0, 0.05) is 5.88 Å². The molecule has 0 N–H and O–H groups in total. The van der Waals surface area contributed by atoms with Gasteiger partial charge in [0.1, 0.15) is 6.61 Å². The summed E-state index contributed by atoms with van der Waals surface area (Å²) in [4.78, 5) is 11.8. The maximum Gasteiger partial charge on any atom is 0.308 e. The molecule has 0 fully saturated rings. The van der Waals surface area contributed by atoms with Crippen LogP contribution in [0.4, 0.5) is 0 Å². The Morgan fingerprint density at radius 2 is 1.45 bits per heavy atom. The molecular weight excluding hydrogens is 300 g/mol. The van der Waals surface area contributed by atoms with Gasteiger partial charge >= 0.3 is 5.97 Å². The molecule has 116 valence electrons. The van der Waals surface area contributed by atoms with E-state index in [9.17, 15) is 4.79 Å². The quantitative estimate of drug-likeness (QED) is 0.546. The smallest absolute Gasteiger partial charge is 0.308 e. The van der Waals surface area contributed by atoms with Crippen molar-refractivity contribution in [2.24, 2.45) is 0 Å². The molecule has 0 saturated carbocycles. The summed E-state index contributed by atoms with van der Waals surface area (Å²) in [6.45, 7) is 0.706. The molecule has 0 aliphatic carbocycles. The fourth-order valence-electron chi connectivity index (χ4n) is 1.93. The van der Waals surface area contributed by atoms with E-state index in [1.807, 2.05) is 60.7 Å². The topological polar surface area (TPSA) is 35.5 Å². The molecule has 0 heterocycles. The summed E-state index contributed by atoms with van der Waals surface area (Å²) in [7, 11) is 0. The predicted molar refractivity (Wildman–Crippen MR) is 86.6 cm³/mol. The minimum atomic E-state index is -0.342. The van der Waals surface area contributed by atoms with Crippen LogP contribution in [0.5, 0.6) is 0 Å². The Morgan fingerprint density at radius 3 is 2.00 bits per heavy atom. The first-order valence-electron chi connectivity index (χ1n) is 7.19. The van der Waals surface area contributed by atoms with Crippen LogP contribution in [0.25, 0.3) is 0 Å². The molecule has 1 unspecified atom stereocenters. The predicted octanol–water partition coefficient (Wildman–Crippen LogP) is 3.94. The van der Waals surface area contributed by atoms with Crippen LogP contribution >= 0.6 is 11.6 Å². The van der Waals surface area contributed by atoms with Crippen molar-refractivity contribution in [1.82, 2.24) is 0 Å². The molecule has 0 aliphatic heterocycles. The molecule has 22 heavy (non-hydrogen) atoms. The van der Waals surface area contributed by atoms with Crippen LogP contribution in [-0.2, 0) is 27.5 Å². The molecule has 0 amide bonds. The number of hydrogen-bond acceptors (Lipinski definition) is 3. The highest BCUT2D eigenvalue weighted by Gasteiger charge is 2.15. The van der Waals surface area contributed by atoms with E-state index in [1.165, 1.54) is 0 Å². The number of halogens is 1. The summed E-state index contributed by atoms with van der Waals surface area (Å²) in [5.41, 5.74) is 2.01. The molecule has 4 heteroatoms. The number of alkyl halides is 1. The monoisotopic (exact) mass is 318 g/mol. The first-order valence-corrected chi connectivity index (χ1v) is 7.72. The maximum absolute atomic E-state index is 11.8. The van der Waals surface area contributed by atoms with Gasteiger partial charge in [0.15, 0.2) is 0 Å². The summed E-state index contributed by atoms with van der Waals surface area (Å²) in [5.74, 6) is -0.0460. The van der Waals surface area contributed by atoms with Crippen LogP contribution in [0.3, 0.4) is 0 Å². The van der Waals surface area contributed by atoms with Gasteiger partial charge < -0.3 is 9.47 Å². The standard InChI is InChI=1S/C18H19ClO3/c19-12-17(21-13-15-7-3-1-4-8-15)11-18(20)22-14-16-9-5-2-6-10-16/h1-10,17H,11-14H2. The van der Waals surface area contributed by atoms with Crippen molar-refractivity contribution >= 4 is 17.6 Å². The van der Waals surface area contributed by atoms with Crippen molar-refractivity contribution in [1.29, 1.82) is 0 Å². The van der Waals surface area contributed by atoms with Crippen LogP contribution < -0.4 is 0 Å². The van der Waals surface area contributed by atoms with Crippen LogP contribution in [0.15, 0.2) is 60.7 Å². The lowest BCUT2D eigenvalue weighted by molar-refractivity contribution is -0.148. The van der Waals surface area contributed by atoms with Crippen molar-refractivity contribution in [3.05, 3.63) is 71.8 Å². The number of carbonyl (C=O) groups is 1. The molecule has 0 saturated heterocycles. The first-order chi connectivity index (χ1) is 10.8. The fourth-order valence-corrected chi connectivity index (χ4v) is 2.13. The Labute approximate surface area is 135 Å². The van der Waals surface area contributed by atoms with E-state index in [1.54, 1.807) is 0 Å².